The molecule has 538 valence electrons. The quantitative estimate of drug-likeness (QED) is 0.0184. The number of ether oxygens (including phenoxy) is 8. The van der Waals surface area contributed by atoms with E-state index in [2.05, 4.69) is 75.5 Å². The van der Waals surface area contributed by atoms with Gasteiger partial charge in [-0.25, -0.2) is 9.59 Å². The molecule has 2 fully saturated rings. The molecule has 0 unspecified atom stereocenters. The number of carbonyl (C=O) groups is 4. The first-order chi connectivity index (χ1) is 46.5. The van der Waals surface area contributed by atoms with Gasteiger partial charge in [0.05, 0.1) is 82.4 Å². The predicted molar refractivity (Wildman–Crippen MR) is 388 cm³/mol. The van der Waals surface area contributed by atoms with Crippen LogP contribution in [0.4, 0.5) is 0 Å². The van der Waals surface area contributed by atoms with Crippen LogP contribution in [0.25, 0.3) is 0 Å². The van der Waals surface area contributed by atoms with Crippen molar-refractivity contribution in [1.29, 1.82) is 0 Å². The van der Waals surface area contributed by atoms with Crippen molar-refractivity contribution in [3.05, 3.63) is 169 Å². The lowest BCUT2D eigenvalue weighted by molar-refractivity contribution is -0.140. The Kier molecular flexibility index (Phi) is 38.5. The van der Waals surface area contributed by atoms with Crippen molar-refractivity contribution < 1.29 is 71.7 Å². The maximum absolute atomic E-state index is 13.8. The third kappa shape index (κ3) is 29.3. The van der Waals surface area contributed by atoms with E-state index in [1.807, 2.05) is 130 Å². The largest absolute Gasteiger partial charge is 0.497 e. The average molecular weight is 1360 g/mol. The molecule has 0 saturated carbocycles. The smallest absolute Gasteiger partial charge is 0.330 e. The van der Waals surface area contributed by atoms with Gasteiger partial charge in [0.15, 0.2) is 8.32 Å². The van der Waals surface area contributed by atoms with Crippen LogP contribution in [-0.4, -0.2) is 111 Å². The highest BCUT2D eigenvalue weighted by Crippen LogP contribution is 2.40. The fourth-order valence-corrected chi connectivity index (χ4v) is 15.7. The number of carbonyl (C=O) groups excluding carboxylic acids is 4. The minimum absolute atomic E-state index is 0.0162. The van der Waals surface area contributed by atoms with E-state index < -0.39 is 56.9 Å². The molecule has 0 bridgehead atoms. The highest BCUT2D eigenvalue weighted by atomic mass is 28.4. The molecule has 16 atom stereocenters. The first kappa shape index (κ1) is 83.3. The third-order valence-electron chi connectivity index (χ3n) is 19.5. The SMILES string of the molecule is C=C.CC[C@H](C)C[C@H](C)[C@@H]1C[C@H](O[Si](CC)(CC)CC)[C@H]([C@@H](C)CC(=O)C[C@H](C)[C@@H](/C=C/C(=O)OCc2ccccc2)OCc2ccc(OC)cc2)O1.CC[C@H](C)C[C@H](O)[C@@H]1C[C@H](O)[C@H]([C@@H](C)CC(=O)C[C@H](C)[C@@H](/C=C/C(=O)OCc2ccccc2)OCc2ccc(OC)cc2)O1. The van der Waals surface area contributed by atoms with Gasteiger partial charge in [-0.15, -0.1) is 13.2 Å². The molecule has 0 aliphatic carbocycles. The number of Topliss-reactive ketones (excluding diaryl/α,β-unsaturated/α-hetero) is 2. The number of aliphatic hydroxyl groups is 2. The van der Waals surface area contributed by atoms with Crippen molar-refractivity contribution in [1.82, 2.24) is 0 Å². The van der Waals surface area contributed by atoms with Gasteiger partial charge in [0.2, 0.25) is 0 Å². The Labute approximate surface area is 583 Å². The number of hydrogen-bond acceptors (Lipinski definition) is 15. The summed E-state index contributed by atoms with van der Waals surface area (Å²) in [5.41, 5.74) is 3.71. The Balaban J connectivity index is 0.000000406. The lowest BCUT2D eigenvalue weighted by atomic mass is 9.88. The van der Waals surface area contributed by atoms with Crippen LogP contribution < -0.4 is 9.47 Å². The molecular weight excluding hydrogens is 1240 g/mol. The fourth-order valence-electron chi connectivity index (χ4n) is 12.8. The summed E-state index contributed by atoms with van der Waals surface area (Å²) in [7, 11) is 1.37. The summed E-state index contributed by atoms with van der Waals surface area (Å²) in [6.45, 7) is 32.8. The third-order valence-corrected chi connectivity index (χ3v) is 24.2. The van der Waals surface area contributed by atoms with E-state index in [1.54, 1.807) is 26.4 Å². The van der Waals surface area contributed by atoms with Crippen LogP contribution in [0.5, 0.6) is 11.5 Å². The van der Waals surface area contributed by atoms with E-state index in [0.29, 0.717) is 50.0 Å². The maximum Gasteiger partial charge on any atom is 0.330 e. The zero-order valence-electron chi connectivity index (χ0n) is 61.1. The minimum Gasteiger partial charge on any atom is -0.497 e. The highest BCUT2D eigenvalue weighted by Gasteiger charge is 2.46. The number of aliphatic hydroxyl groups excluding tert-OH is 2. The van der Waals surface area contributed by atoms with Crippen LogP contribution in [0.15, 0.2) is 147 Å². The Morgan fingerprint density at radius 3 is 1.34 bits per heavy atom. The highest BCUT2D eigenvalue weighted by molar-refractivity contribution is 6.73. The van der Waals surface area contributed by atoms with Gasteiger partial charge in [-0.05, 0) is 131 Å². The second-order valence-electron chi connectivity index (χ2n) is 27.2. The average Bonchev–Trinajstić information content (AvgIpc) is 1.70. The fraction of sp³-hybridized carbons (Fsp3) is 0.580. The lowest BCUT2D eigenvalue weighted by Gasteiger charge is -2.35. The Bertz CT molecular complexity index is 2890. The van der Waals surface area contributed by atoms with E-state index in [-0.39, 0.29) is 86.2 Å². The molecule has 97 heavy (non-hydrogen) atoms. The number of methoxy groups -OCH3 is 2. The van der Waals surface area contributed by atoms with Crippen LogP contribution in [-0.2, 0) is 78.5 Å². The first-order valence-corrected chi connectivity index (χ1v) is 38.2. The van der Waals surface area contributed by atoms with E-state index in [1.165, 1.54) is 12.2 Å². The maximum atomic E-state index is 13.8. The van der Waals surface area contributed by atoms with E-state index in [4.69, 9.17) is 42.3 Å². The second-order valence-corrected chi connectivity index (χ2v) is 31.9. The second kappa shape index (κ2) is 44.8. The van der Waals surface area contributed by atoms with E-state index in [0.717, 1.165) is 77.6 Å². The van der Waals surface area contributed by atoms with Crippen molar-refractivity contribution in [2.75, 3.05) is 14.2 Å². The molecule has 2 saturated heterocycles. The summed E-state index contributed by atoms with van der Waals surface area (Å²) in [6, 6.07) is 37.5. The van der Waals surface area contributed by atoms with E-state index >= 15 is 0 Å². The predicted octanol–water partition coefficient (Wildman–Crippen LogP) is 16.7. The van der Waals surface area contributed by atoms with Crippen molar-refractivity contribution in [3.8, 4) is 11.5 Å². The molecule has 16 heteroatoms. The van der Waals surface area contributed by atoms with Gasteiger partial charge >= 0.3 is 11.9 Å². The summed E-state index contributed by atoms with van der Waals surface area (Å²) in [6.07, 6.45) is 9.29. The molecule has 0 radical (unpaired) electrons. The number of ketones is 2. The number of esters is 2. The van der Waals surface area contributed by atoms with Crippen LogP contribution >= 0.6 is 0 Å². The lowest BCUT2D eigenvalue weighted by Crippen LogP contribution is -2.44. The number of benzene rings is 4. The van der Waals surface area contributed by atoms with Crippen LogP contribution in [0.3, 0.4) is 0 Å². The van der Waals surface area contributed by atoms with E-state index in [9.17, 15) is 29.4 Å². The normalized spacial score (nSPS) is 20.9. The molecule has 0 spiro atoms. The Morgan fingerprint density at radius 1 is 0.526 bits per heavy atom. The molecule has 6 rings (SSSR count). The topological polar surface area (TPSA) is 192 Å². The van der Waals surface area contributed by atoms with Crippen molar-refractivity contribution in [2.24, 2.45) is 41.4 Å². The number of hydrogen-bond donors (Lipinski definition) is 2. The van der Waals surface area contributed by atoms with Gasteiger partial charge in [0.1, 0.15) is 36.3 Å². The molecule has 0 aromatic heterocycles. The molecular formula is C81H120O15Si. The molecule has 2 N–H and O–H groups in total. The van der Waals surface area contributed by atoms with Gasteiger partial charge < -0.3 is 52.5 Å². The zero-order chi connectivity index (χ0) is 71.5. The van der Waals surface area contributed by atoms with Crippen LogP contribution in [0, 0.1) is 41.4 Å². The van der Waals surface area contributed by atoms with Crippen LogP contribution in [0.1, 0.15) is 170 Å². The zero-order valence-corrected chi connectivity index (χ0v) is 62.1. The first-order valence-electron chi connectivity index (χ1n) is 35.7. The summed E-state index contributed by atoms with van der Waals surface area (Å²) < 4.78 is 54.0. The summed E-state index contributed by atoms with van der Waals surface area (Å²) in [5, 5.41) is 21.3. The Morgan fingerprint density at radius 2 is 0.928 bits per heavy atom. The van der Waals surface area contributed by atoms with Gasteiger partial charge in [-0.1, -0.05) is 181 Å². The molecule has 15 nitrogen and oxygen atoms in total. The van der Waals surface area contributed by atoms with Crippen molar-refractivity contribution in [3.63, 3.8) is 0 Å². The molecule has 2 heterocycles. The Hall–Kier alpha value is -6.08. The van der Waals surface area contributed by atoms with Gasteiger partial charge in [-0.3, -0.25) is 9.59 Å². The van der Waals surface area contributed by atoms with Gasteiger partial charge in [0, 0.05) is 50.7 Å². The molecule has 0 amide bonds. The van der Waals surface area contributed by atoms with Crippen molar-refractivity contribution in [2.45, 2.75) is 247 Å². The molecule has 2 aliphatic heterocycles. The monoisotopic (exact) mass is 1360 g/mol. The molecule has 4 aromatic rings. The van der Waals surface area contributed by atoms with Gasteiger partial charge in [-0.2, -0.15) is 0 Å². The summed E-state index contributed by atoms with van der Waals surface area (Å²) in [4.78, 5) is 52.1. The van der Waals surface area contributed by atoms with Crippen LogP contribution in [0.2, 0.25) is 18.1 Å². The standard InChI is InChI=1S/C43H66O7Si.C36H50O8.C2H4/c1-10-31(5)25-32(6)40-28-41(50-51(11-2,12-3)13-4)43(49-40)34(8)27-37(44)26-33(7)39(47-29-36-19-21-38(46-9)22-20-36)23-24-42(45)48-30-35-17-15-14-16-18-35;1-6-24(2)18-31(38)34-21-32(39)36(44-34)26(4)20-29(37)19-25(3)33(42-22-28-12-14-30(41-5)15-13-28)16-17-35(40)43-23-27-10-8-7-9-11-27;1-2/h14-24,31-34,39-41,43H,10-13,25-30H2,1-9H3;7-17,24-26,31-34,36,38-39H,6,18-23H2,1-5H3;1-2H2/b24-23+;17-16+;/t31-,32-,33-,34-,39+,40-,41-,43-;24-,25-,26-,31-,32-,33+,34-,36-;/m00./s1. The summed E-state index contributed by atoms with van der Waals surface area (Å²) >= 11 is 0. The minimum atomic E-state index is -1.87. The summed E-state index contributed by atoms with van der Waals surface area (Å²) in [5.74, 6) is 1.62. The molecule has 2 aliphatic rings. The van der Waals surface area contributed by atoms with Gasteiger partial charge in [0.25, 0.3) is 0 Å². The number of rotatable bonds is 41. The van der Waals surface area contributed by atoms with Crippen molar-refractivity contribution >= 4 is 31.8 Å². The molecule has 4 aromatic carbocycles.